The van der Waals surface area contributed by atoms with Crippen LogP contribution in [-0.4, -0.2) is 37.0 Å². The maximum Gasteiger partial charge on any atom is 0.243 e. The van der Waals surface area contributed by atoms with E-state index >= 15 is 0 Å². The largest absolute Gasteiger partial charge is 0.392 e. The Kier molecular flexibility index (Phi) is 3.48. The first-order valence-electron chi connectivity index (χ1n) is 5.51. The van der Waals surface area contributed by atoms with E-state index in [1.54, 1.807) is 24.3 Å². The molecular formula is C11H16N2O3S. The number of β-amino-alcohol motifs (C(OH)–C–C–N with tert-alkyl or cyclic N) is 1. The molecule has 0 aliphatic carbocycles. The zero-order valence-electron chi connectivity index (χ0n) is 9.41. The molecule has 1 saturated heterocycles. The summed E-state index contributed by atoms with van der Waals surface area (Å²) in [4.78, 5) is 0.245. The molecule has 3 N–H and O–H groups in total. The van der Waals surface area contributed by atoms with Gasteiger partial charge in [-0.2, -0.15) is 4.31 Å². The number of aliphatic hydroxyl groups excluding tert-OH is 1. The number of nitrogens with two attached hydrogens (primary N) is 1. The highest BCUT2D eigenvalue weighted by Crippen LogP contribution is 2.21. The third-order valence-electron chi connectivity index (χ3n) is 2.90. The molecule has 0 bridgehead atoms. The smallest absolute Gasteiger partial charge is 0.243 e. The molecule has 2 rings (SSSR count). The first-order valence-corrected chi connectivity index (χ1v) is 6.95. The van der Waals surface area contributed by atoms with Gasteiger partial charge in [-0.05, 0) is 24.1 Å². The number of rotatable bonds is 3. The van der Waals surface area contributed by atoms with Gasteiger partial charge in [0.15, 0.2) is 0 Å². The molecule has 0 radical (unpaired) electrons. The van der Waals surface area contributed by atoms with Crippen molar-refractivity contribution in [3.63, 3.8) is 0 Å². The molecule has 94 valence electrons. The zero-order valence-corrected chi connectivity index (χ0v) is 10.2. The Hall–Kier alpha value is -0.950. The van der Waals surface area contributed by atoms with E-state index < -0.39 is 16.1 Å². The highest BCUT2D eigenvalue weighted by molar-refractivity contribution is 7.89. The first-order chi connectivity index (χ1) is 8.04. The summed E-state index contributed by atoms with van der Waals surface area (Å²) in [5.74, 6) is 0. The van der Waals surface area contributed by atoms with E-state index in [1.165, 1.54) is 4.31 Å². The van der Waals surface area contributed by atoms with Crippen molar-refractivity contribution < 1.29 is 13.5 Å². The molecule has 6 heteroatoms. The van der Waals surface area contributed by atoms with Crippen LogP contribution in [0.4, 0.5) is 0 Å². The maximum absolute atomic E-state index is 12.2. The van der Waals surface area contributed by atoms with Crippen LogP contribution in [0.25, 0.3) is 0 Å². The van der Waals surface area contributed by atoms with Crippen molar-refractivity contribution >= 4 is 10.0 Å². The van der Waals surface area contributed by atoms with E-state index in [1.807, 2.05) is 0 Å². The van der Waals surface area contributed by atoms with Gasteiger partial charge in [-0.25, -0.2) is 8.42 Å². The SMILES string of the molecule is NCc1cccc(S(=O)(=O)N2CCC(O)C2)c1. The third-order valence-corrected chi connectivity index (χ3v) is 4.76. The highest BCUT2D eigenvalue weighted by atomic mass is 32.2. The monoisotopic (exact) mass is 256 g/mol. The lowest BCUT2D eigenvalue weighted by molar-refractivity contribution is 0.189. The number of hydrogen-bond donors (Lipinski definition) is 2. The van der Waals surface area contributed by atoms with Crippen LogP contribution in [-0.2, 0) is 16.6 Å². The number of sulfonamides is 1. The molecule has 1 aromatic carbocycles. The lowest BCUT2D eigenvalue weighted by Crippen LogP contribution is -2.29. The van der Waals surface area contributed by atoms with Gasteiger partial charge in [0.05, 0.1) is 11.0 Å². The second kappa shape index (κ2) is 4.73. The Morgan fingerprint density at radius 2 is 2.24 bits per heavy atom. The second-order valence-corrected chi connectivity index (χ2v) is 6.10. The average Bonchev–Trinajstić information content (AvgIpc) is 2.76. The lowest BCUT2D eigenvalue weighted by atomic mass is 10.2. The van der Waals surface area contributed by atoms with Gasteiger partial charge in [-0.3, -0.25) is 0 Å². The second-order valence-electron chi connectivity index (χ2n) is 4.16. The van der Waals surface area contributed by atoms with Gasteiger partial charge >= 0.3 is 0 Å². The molecular weight excluding hydrogens is 240 g/mol. The standard InChI is InChI=1S/C11H16N2O3S/c12-7-9-2-1-3-11(6-9)17(15,16)13-5-4-10(14)8-13/h1-3,6,10,14H,4-5,7-8,12H2. The maximum atomic E-state index is 12.2. The Balaban J connectivity index is 2.31. The Morgan fingerprint density at radius 3 is 2.82 bits per heavy atom. The zero-order chi connectivity index (χ0) is 12.5. The minimum atomic E-state index is -3.49. The summed E-state index contributed by atoms with van der Waals surface area (Å²) in [6.07, 6.45) is -0.0574. The summed E-state index contributed by atoms with van der Waals surface area (Å²) in [5.41, 5.74) is 6.27. The first kappa shape index (κ1) is 12.5. The van der Waals surface area contributed by atoms with Gasteiger partial charge in [0.25, 0.3) is 0 Å². The van der Waals surface area contributed by atoms with Crippen molar-refractivity contribution in [1.29, 1.82) is 0 Å². The fourth-order valence-corrected chi connectivity index (χ4v) is 3.47. The van der Waals surface area contributed by atoms with Gasteiger partial charge in [-0.15, -0.1) is 0 Å². The molecule has 1 fully saturated rings. The third kappa shape index (κ3) is 2.50. The van der Waals surface area contributed by atoms with Crippen molar-refractivity contribution in [3.8, 4) is 0 Å². The van der Waals surface area contributed by atoms with Crippen LogP contribution in [0.2, 0.25) is 0 Å². The molecule has 5 nitrogen and oxygen atoms in total. The summed E-state index contributed by atoms with van der Waals surface area (Å²) in [6.45, 7) is 0.859. The Bertz CT molecular complexity index is 501. The van der Waals surface area contributed by atoms with Crippen LogP contribution in [0.3, 0.4) is 0 Å². The van der Waals surface area contributed by atoms with Crippen LogP contribution in [0, 0.1) is 0 Å². The van der Waals surface area contributed by atoms with E-state index in [2.05, 4.69) is 0 Å². The highest BCUT2D eigenvalue weighted by Gasteiger charge is 2.31. The lowest BCUT2D eigenvalue weighted by Gasteiger charge is -2.16. The van der Waals surface area contributed by atoms with E-state index in [4.69, 9.17) is 5.73 Å². The van der Waals surface area contributed by atoms with Gasteiger partial charge in [-0.1, -0.05) is 12.1 Å². The summed E-state index contributed by atoms with van der Waals surface area (Å²) in [7, 11) is -3.49. The van der Waals surface area contributed by atoms with Crippen LogP contribution < -0.4 is 5.73 Å². The Morgan fingerprint density at radius 1 is 1.47 bits per heavy atom. The van der Waals surface area contributed by atoms with Crippen molar-refractivity contribution in [1.82, 2.24) is 4.31 Å². The van der Waals surface area contributed by atoms with E-state index in [0.717, 1.165) is 5.56 Å². The van der Waals surface area contributed by atoms with Crippen molar-refractivity contribution in [2.24, 2.45) is 5.73 Å². The van der Waals surface area contributed by atoms with E-state index in [-0.39, 0.29) is 11.4 Å². The number of hydrogen-bond acceptors (Lipinski definition) is 4. The summed E-state index contributed by atoms with van der Waals surface area (Å²) >= 11 is 0. The number of benzene rings is 1. The summed E-state index contributed by atoms with van der Waals surface area (Å²) in [6, 6.07) is 6.61. The molecule has 1 heterocycles. The van der Waals surface area contributed by atoms with Gasteiger partial charge in [0.2, 0.25) is 10.0 Å². The number of nitrogens with zero attached hydrogens (tertiary/aromatic N) is 1. The molecule has 0 amide bonds. The van der Waals surface area contributed by atoms with Crippen LogP contribution in [0.15, 0.2) is 29.2 Å². The van der Waals surface area contributed by atoms with Crippen molar-refractivity contribution in [2.45, 2.75) is 24.0 Å². The predicted octanol–water partition coefficient (Wildman–Crippen LogP) is -0.0994. The quantitative estimate of drug-likeness (QED) is 0.791. The minimum Gasteiger partial charge on any atom is -0.392 e. The van der Waals surface area contributed by atoms with Crippen molar-refractivity contribution in [3.05, 3.63) is 29.8 Å². The van der Waals surface area contributed by atoms with E-state index in [9.17, 15) is 13.5 Å². The van der Waals surface area contributed by atoms with E-state index in [0.29, 0.717) is 19.5 Å². The van der Waals surface area contributed by atoms with Crippen LogP contribution in [0.1, 0.15) is 12.0 Å². The fraction of sp³-hybridized carbons (Fsp3) is 0.455. The molecule has 0 saturated carbocycles. The molecule has 17 heavy (non-hydrogen) atoms. The van der Waals surface area contributed by atoms with Gasteiger partial charge in [0, 0.05) is 19.6 Å². The Labute approximate surface area is 101 Å². The molecule has 1 aliphatic heterocycles. The fourth-order valence-electron chi connectivity index (χ4n) is 1.91. The summed E-state index contributed by atoms with van der Waals surface area (Å²) in [5, 5.41) is 9.38. The summed E-state index contributed by atoms with van der Waals surface area (Å²) < 4.78 is 25.8. The molecule has 1 atom stereocenters. The average molecular weight is 256 g/mol. The molecule has 1 aromatic rings. The molecule has 1 unspecified atom stereocenters. The molecule has 0 spiro atoms. The number of aliphatic hydroxyl groups is 1. The van der Waals surface area contributed by atoms with Gasteiger partial charge < -0.3 is 10.8 Å². The van der Waals surface area contributed by atoms with Crippen LogP contribution >= 0.6 is 0 Å². The topological polar surface area (TPSA) is 83.6 Å². The van der Waals surface area contributed by atoms with Gasteiger partial charge in [0.1, 0.15) is 0 Å². The molecule has 0 aromatic heterocycles. The van der Waals surface area contributed by atoms with Crippen molar-refractivity contribution in [2.75, 3.05) is 13.1 Å². The normalized spacial score (nSPS) is 21.9. The minimum absolute atomic E-state index is 0.176. The predicted molar refractivity (Wildman–Crippen MR) is 63.7 cm³/mol. The van der Waals surface area contributed by atoms with Crippen LogP contribution in [0.5, 0.6) is 0 Å². The molecule has 1 aliphatic rings.